The quantitative estimate of drug-likeness (QED) is 0.796. The first kappa shape index (κ1) is 19.6. The molecule has 7 heteroatoms. The van der Waals surface area contributed by atoms with E-state index in [0.717, 1.165) is 12.3 Å². The van der Waals surface area contributed by atoms with Crippen LogP contribution in [0.4, 0.5) is 0 Å². The van der Waals surface area contributed by atoms with Gasteiger partial charge in [-0.15, -0.1) is 0 Å². The first-order chi connectivity index (χ1) is 12.4. The van der Waals surface area contributed by atoms with Gasteiger partial charge in [-0.2, -0.15) is 0 Å². The van der Waals surface area contributed by atoms with Gasteiger partial charge in [-0.3, -0.25) is 4.79 Å². The third kappa shape index (κ3) is 5.21. The van der Waals surface area contributed by atoms with Gasteiger partial charge in [0.05, 0.1) is 4.90 Å². The average molecular weight is 399 g/mol. The molecule has 1 amide bonds. The summed E-state index contributed by atoms with van der Waals surface area (Å²) in [5.41, 5.74) is 0. The lowest BCUT2D eigenvalue weighted by Gasteiger charge is -2.32. The van der Waals surface area contributed by atoms with Crippen LogP contribution in [0.15, 0.2) is 29.2 Å². The number of nitrogens with zero attached hydrogens (tertiary/aromatic N) is 1. The Morgan fingerprint density at radius 2 is 1.69 bits per heavy atom. The molecule has 1 aromatic carbocycles. The minimum absolute atomic E-state index is 0.130. The Morgan fingerprint density at radius 1 is 1.08 bits per heavy atom. The smallest absolute Gasteiger partial charge is 0.240 e. The predicted octanol–water partition coefficient (Wildman–Crippen LogP) is 3.58. The van der Waals surface area contributed by atoms with E-state index in [4.69, 9.17) is 11.6 Å². The number of rotatable bonds is 6. The number of nitrogens with one attached hydrogen (secondary N) is 1. The topological polar surface area (TPSA) is 66.5 Å². The molecule has 5 nitrogen and oxygen atoms in total. The highest BCUT2D eigenvalue weighted by atomic mass is 35.5. The largest absolute Gasteiger partial charge is 0.343 e. The summed E-state index contributed by atoms with van der Waals surface area (Å²) < 4.78 is 27.6. The lowest BCUT2D eigenvalue weighted by molar-refractivity contribution is -0.132. The Bertz CT molecular complexity index is 707. The van der Waals surface area contributed by atoms with Crippen LogP contribution < -0.4 is 4.72 Å². The number of amides is 1. The van der Waals surface area contributed by atoms with E-state index >= 15 is 0 Å². The number of halogens is 1. The summed E-state index contributed by atoms with van der Waals surface area (Å²) in [7, 11) is -3.55. The summed E-state index contributed by atoms with van der Waals surface area (Å²) in [4.78, 5) is 14.5. The van der Waals surface area contributed by atoms with Crippen LogP contribution in [0.3, 0.4) is 0 Å². The Hall–Kier alpha value is -1.11. The normalized spacial score (nSPS) is 19.8. The number of benzene rings is 1. The first-order valence-electron chi connectivity index (χ1n) is 9.50. The van der Waals surface area contributed by atoms with Crippen molar-refractivity contribution < 1.29 is 13.2 Å². The standard InChI is InChI=1S/C19H27ClN2O3S/c20-16-6-8-18(9-7-16)26(24,25)21-17-11-13-22(14-12-17)19(23)10-5-15-3-1-2-4-15/h6-9,15,17,21H,1-5,10-14H2. The van der Waals surface area contributed by atoms with Crippen molar-refractivity contribution in [1.82, 2.24) is 9.62 Å². The van der Waals surface area contributed by atoms with Crippen molar-refractivity contribution in [2.24, 2.45) is 5.92 Å². The number of likely N-dealkylation sites (tertiary alicyclic amines) is 1. The second-order valence-corrected chi connectivity index (χ2v) is 9.57. The third-order valence-corrected chi connectivity index (χ3v) is 7.32. The van der Waals surface area contributed by atoms with Crippen LogP contribution in [-0.2, 0) is 14.8 Å². The highest BCUT2D eigenvalue weighted by Gasteiger charge is 2.27. The summed E-state index contributed by atoms with van der Waals surface area (Å²) in [6.07, 6.45) is 8.08. The number of carbonyl (C=O) groups is 1. The van der Waals surface area contributed by atoms with Gasteiger partial charge < -0.3 is 4.90 Å². The Labute approximate surface area is 161 Å². The van der Waals surface area contributed by atoms with E-state index in [0.29, 0.717) is 37.4 Å². The molecule has 2 aliphatic rings. The number of hydrogen-bond acceptors (Lipinski definition) is 3. The lowest BCUT2D eigenvalue weighted by Crippen LogP contribution is -2.46. The van der Waals surface area contributed by atoms with Crippen molar-refractivity contribution in [2.45, 2.75) is 62.3 Å². The van der Waals surface area contributed by atoms with Crippen molar-refractivity contribution >= 4 is 27.5 Å². The molecule has 3 rings (SSSR count). The number of hydrogen-bond donors (Lipinski definition) is 1. The molecule has 1 aliphatic heterocycles. The van der Waals surface area contributed by atoms with E-state index in [-0.39, 0.29) is 16.8 Å². The summed E-state index contributed by atoms with van der Waals surface area (Å²) >= 11 is 5.81. The molecular weight excluding hydrogens is 372 g/mol. The molecule has 1 aliphatic carbocycles. The van der Waals surface area contributed by atoms with Crippen molar-refractivity contribution in [2.75, 3.05) is 13.1 Å². The minimum atomic E-state index is -3.55. The maximum Gasteiger partial charge on any atom is 0.240 e. The van der Waals surface area contributed by atoms with Crippen molar-refractivity contribution in [3.05, 3.63) is 29.3 Å². The fourth-order valence-electron chi connectivity index (χ4n) is 3.93. The van der Waals surface area contributed by atoms with E-state index in [1.165, 1.54) is 37.8 Å². The molecule has 1 N–H and O–H groups in total. The van der Waals surface area contributed by atoms with Crippen LogP contribution in [0, 0.1) is 5.92 Å². The fourth-order valence-corrected chi connectivity index (χ4v) is 5.36. The predicted molar refractivity (Wildman–Crippen MR) is 103 cm³/mol. The van der Waals surface area contributed by atoms with Crippen LogP contribution in [-0.4, -0.2) is 38.4 Å². The molecule has 144 valence electrons. The van der Waals surface area contributed by atoms with E-state index in [2.05, 4.69) is 4.72 Å². The molecule has 26 heavy (non-hydrogen) atoms. The van der Waals surface area contributed by atoms with Crippen LogP contribution >= 0.6 is 11.6 Å². The Kier molecular flexibility index (Phi) is 6.59. The molecule has 0 atom stereocenters. The van der Waals surface area contributed by atoms with E-state index < -0.39 is 10.0 Å². The zero-order valence-electron chi connectivity index (χ0n) is 15.0. The van der Waals surface area contributed by atoms with Gasteiger partial charge >= 0.3 is 0 Å². The minimum Gasteiger partial charge on any atom is -0.343 e. The second-order valence-electron chi connectivity index (χ2n) is 7.42. The van der Waals surface area contributed by atoms with Crippen molar-refractivity contribution in [1.29, 1.82) is 0 Å². The molecule has 1 saturated carbocycles. The van der Waals surface area contributed by atoms with Crippen LogP contribution in [0.1, 0.15) is 51.4 Å². The Balaban J connectivity index is 1.45. The number of piperidine rings is 1. The zero-order chi connectivity index (χ0) is 18.6. The molecular formula is C19H27ClN2O3S. The van der Waals surface area contributed by atoms with Gasteiger partial charge in [0.1, 0.15) is 0 Å². The van der Waals surface area contributed by atoms with Gasteiger partial charge in [-0.05, 0) is 49.4 Å². The highest BCUT2D eigenvalue weighted by molar-refractivity contribution is 7.89. The van der Waals surface area contributed by atoms with Crippen molar-refractivity contribution in [3.63, 3.8) is 0 Å². The van der Waals surface area contributed by atoms with Gasteiger partial charge in [0.2, 0.25) is 15.9 Å². The van der Waals surface area contributed by atoms with Gasteiger partial charge in [0, 0.05) is 30.6 Å². The van der Waals surface area contributed by atoms with Gasteiger partial charge in [0.15, 0.2) is 0 Å². The molecule has 1 heterocycles. The summed E-state index contributed by atoms with van der Waals surface area (Å²) in [5, 5.41) is 0.508. The zero-order valence-corrected chi connectivity index (χ0v) is 16.6. The van der Waals surface area contributed by atoms with Gasteiger partial charge in [0.25, 0.3) is 0 Å². The maximum atomic E-state index is 12.4. The Morgan fingerprint density at radius 3 is 2.31 bits per heavy atom. The average Bonchev–Trinajstić information content (AvgIpc) is 3.14. The van der Waals surface area contributed by atoms with Crippen LogP contribution in [0.2, 0.25) is 5.02 Å². The van der Waals surface area contributed by atoms with Gasteiger partial charge in [-0.25, -0.2) is 13.1 Å². The molecule has 0 radical (unpaired) electrons. The van der Waals surface area contributed by atoms with Crippen LogP contribution in [0.25, 0.3) is 0 Å². The maximum absolute atomic E-state index is 12.4. The summed E-state index contributed by atoms with van der Waals surface area (Å²) in [6.45, 7) is 1.24. The molecule has 1 saturated heterocycles. The molecule has 1 aromatic rings. The number of carbonyl (C=O) groups excluding carboxylic acids is 1. The molecule has 0 unspecified atom stereocenters. The second kappa shape index (κ2) is 8.72. The van der Waals surface area contributed by atoms with E-state index in [1.54, 1.807) is 12.1 Å². The summed E-state index contributed by atoms with van der Waals surface area (Å²) in [6, 6.07) is 6.02. The SMILES string of the molecule is O=C(CCC1CCCC1)N1CCC(NS(=O)(=O)c2ccc(Cl)cc2)CC1. The molecule has 2 fully saturated rings. The highest BCUT2D eigenvalue weighted by Crippen LogP contribution is 2.29. The number of sulfonamides is 1. The molecule has 0 spiro atoms. The van der Waals surface area contributed by atoms with Crippen LogP contribution in [0.5, 0.6) is 0 Å². The van der Waals surface area contributed by atoms with E-state index in [1.807, 2.05) is 4.90 Å². The molecule has 0 aromatic heterocycles. The third-order valence-electron chi connectivity index (χ3n) is 5.53. The fraction of sp³-hybridized carbons (Fsp3) is 0.632. The molecule has 0 bridgehead atoms. The summed E-state index contributed by atoms with van der Waals surface area (Å²) in [5.74, 6) is 0.943. The van der Waals surface area contributed by atoms with Gasteiger partial charge in [-0.1, -0.05) is 37.3 Å². The monoisotopic (exact) mass is 398 g/mol. The first-order valence-corrected chi connectivity index (χ1v) is 11.4. The van der Waals surface area contributed by atoms with E-state index in [9.17, 15) is 13.2 Å². The van der Waals surface area contributed by atoms with Crippen molar-refractivity contribution in [3.8, 4) is 0 Å². The lowest BCUT2D eigenvalue weighted by atomic mass is 10.0.